The first-order chi connectivity index (χ1) is 13.0. The molecule has 3 rings (SSSR count). The highest BCUT2D eigenvalue weighted by Gasteiger charge is 2.14. The highest BCUT2D eigenvalue weighted by Crippen LogP contribution is 2.24. The molecular weight excluding hydrogens is 344 g/mol. The number of H-pyrrole nitrogens is 1. The number of pyridine rings is 1. The van der Waals surface area contributed by atoms with E-state index < -0.39 is 5.91 Å². The third-order valence-corrected chi connectivity index (χ3v) is 4.16. The Balaban J connectivity index is 1.91. The number of aromatic amines is 1. The van der Waals surface area contributed by atoms with E-state index in [9.17, 15) is 14.4 Å². The molecule has 0 saturated carbocycles. The van der Waals surface area contributed by atoms with Gasteiger partial charge in [-0.15, -0.1) is 0 Å². The third kappa shape index (κ3) is 3.98. The number of hydrogen-bond donors (Lipinski definition) is 4. The van der Waals surface area contributed by atoms with E-state index in [2.05, 4.69) is 20.9 Å². The standard InChI is InChI=1S/C20H20N4O3/c1-3-21-20(27)24-16-10-6-9-15(12(16)2)23-19(26)14-11-18(25)22-17-8-5-4-7-13(14)17/h4-11H,3H2,1-2H3,(H,22,25)(H,23,26)(H2,21,24,27). The Kier molecular flexibility index (Phi) is 5.21. The molecule has 0 fully saturated rings. The van der Waals surface area contributed by atoms with Crippen LogP contribution < -0.4 is 21.5 Å². The van der Waals surface area contributed by atoms with E-state index in [0.717, 1.165) is 0 Å². The van der Waals surface area contributed by atoms with E-state index in [4.69, 9.17) is 0 Å². The number of urea groups is 1. The minimum atomic E-state index is -0.393. The number of fused-ring (bicyclic) bond motifs is 1. The van der Waals surface area contributed by atoms with Crippen LogP contribution >= 0.6 is 0 Å². The summed E-state index contributed by atoms with van der Waals surface area (Å²) in [4.78, 5) is 39.1. The molecule has 1 aromatic heterocycles. The van der Waals surface area contributed by atoms with E-state index in [1.54, 1.807) is 49.4 Å². The van der Waals surface area contributed by atoms with Gasteiger partial charge in [-0.25, -0.2) is 4.79 Å². The van der Waals surface area contributed by atoms with Crippen LogP contribution in [-0.4, -0.2) is 23.5 Å². The molecule has 27 heavy (non-hydrogen) atoms. The number of rotatable bonds is 4. The molecule has 7 heteroatoms. The number of carbonyl (C=O) groups excluding carboxylic acids is 2. The number of nitrogens with one attached hydrogen (secondary N) is 4. The summed E-state index contributed by atoms with van der Waals surface area (Å²) in [6.45, 7) is 4.14. The number of para-hydroxylation sites is 1. The van der Waals surface area contributed by atoms with E-state index in [0.29, 0.717) is 34.4 Å². The molecule has 0 saturated heterocycles. The van der Waals surface area contributed by atoms with Crippen molar-refractivity contribution in [1.82, 2.24) is 10.3 Å². The van der Waals surface area contributed by atoms with Crippen molar-refractivity contribution in [3.05, 3.63) is 70.0 Å². The highest BCUT2D eigenvalue weighted by atomic mass is 16.2. The van der Waals surface area contributed by atoms with Gasteiger partial charge in [-0.1, -0.05) is 24.3 Å². The van der Waals surface area contributed by atoms with Gasteiger partial charge in [0.05, 0.1) is 5.56 Å². The highest BCUT2D eigenvalue weighted by molar-refractivity contribution is 6.12. The van der Waals surface area contributed by atoms with Crippen LogP contribution in [-0.2, 0) is 0 Å². The second kappa shape index (κ2) is 7.74. The molecule has 0 spiro atoms. The van der Waals surface area contributed by atoms with Gasteiger partial charge in [0.1, 0.15) is 0 Å². The van der Waals surface area contributed by atoms with Gasteiger partial charge in [0.15, 0.2) is 0 Å². The first-order valence-corrected chi connectivity index (χ1v) is 8.57. The van der Waals surface area contributed by atoms with E-state index >= 15 is 0 Å². The van der Waals surface area contributed by atoms with Gasteiger partial charge >= 0.3 is 6.03 Å². The Morgan fingerprint density at radius 2 is 1.70 bits per heavy atom. The predicted octanol–water partition coefficient (Wildman–Crippen LogP) is 3.23. The minimum Gasteiger partial charge on any atom is -0.338 e. The molecule has 3 aromatic rings. The summed E-state index contributed by atoms with van der Waals surface area (Å²) in [7, 11) is 0. The Labute approximate surface area is 155 Å². The van der Waals surface area contributed by atoms with Crippen molar-refractivity contribution in [1.29, 1.82) is 0 Å². The zero-order valence-electron chi connectivity index (χ0n) is 15.1. The summed E-state index contributed by atoms with van der Waals surface area (Å²) in [5.74, 6) is -0.393. The maximum absolute atomic E-state index is 12.8. The fourth-order valence-electron chi connectivity index (χ4n) is 2.82. The largest absolute Gasteiger partial charge is 0.338 e. The van der Waals surface area contributed by atoms with Crippen molar-refractivity contribution in [2.75, 3.05) is 17.2 Å². The van der Waals surface area contributed by atoms with Crippen LogP contribution in [0.2, 0.25) is 0 Å². The summed E-state index contributed by atoms with van der Waals surface area (Å²) in [6.07, 6.45) is 0. The lowest BCUT2D eigenvalue weighted by Gasteiger charge is -2.14. The molecule has 0 radical (unpaired) electrons. The first-order valence-electron chi connectivity index (χ1n) is 8.57. The lowest BCUT2D eigenvalue weighted by atomic mass is 10.1. The second-order valence-electron chi connectivity index (χ2n) is 6.01. The number of amides is 3. The molecule has 0 atom stereocenters. The van der Waals surface area contributed by atoms with Crippen molar-refractivity contribution in [3.8, 4) is 0 Å². The maximum Gasteiger partial charge on any atom is 0.319 e. The van der Waals surface area contributed by atoms with Gasteiger partial charge in [0.2, 0.25) is 5.56 Å². The van der Waals surface area contributed by atoms with Crippen LogP contribution in [0.5, 0.6) is 0 Å². The zero-order valence-corrected chi connectivity index (χ0v) is 15.1. The van der Waals surface area contributed by atoms with Gasteiger partial charge in [-0.2, -0.15) is 0 Å². The number of aromatic nitrogens is 1. The molecule has 1 heterocycles. The van der Waals surface area contributed by atoms with Crippen LogP contribution in [0.25, 0.3) is 10.9 Å². The van der Waals surface area contributed by atoms with Crippen LogP contribution in [0.4, 0.5) is 16.2 Å². The van der Waals surface area contributed by atoms with Crippen molar-refractivity contribution < 1.29 is 9.59 Å². The SMILES string of the molecule is CCNC(=O)Nc1cccc(NC(=O)c2cc(=O)[nH]c3ccccc23)c1C. The van der Waals surface area contributed by atoms with E-state index in [1.807, 2.05) is 6.92 Å². The Hall–Kier alpha value is -3.61. The molecule has 7 nitrogen and oxygen atoms in total. The van der Waals surface area contributed by atoms with Gasteiger partial charge < -0.3 is 20.9 Å². The molecule has 0 aliphatic rings. The third-order valence-electron chi connectivity index (χ3n) is 4.16. The smallest absolute Gasteiger partial charge is 0.319 e. The average Bonchev–Trinajstić information content (AvgIpc) is 2.64. The molecule has 0 unspecified atom stereocenters. The molecule has 138 valence electrons. The fraction of sp³-hybridized carbons (Fsp3) is 0.150. The van der Waals surface area contributed by atoms with Gasteiger partial charge in [0.25, 0.3) is 5.91 Å². The Morgan fingerprint density at radius 3 is 2.44 bits per heavy atom. The van der Waals surface area contributed by atoms with E-state index in [-0.39, 0.29) is 17.2 Å². The zero-order chi connectivity index (χ0) is 19.4. The Bertz CT molecular complexity index is 1070. The quantitative estimate of drug-likeness (QED) is 0.571. The fourth-order valence-corrected chi connectivity index (χ4v) is 2.82. The molecule has 0 aliphatic carbocycles. The van der Waals surface area contributed by atoms with Crippen molar-refractivity contribution in [2.24, 2.45) is 0 Å². The normalized spacial score (nSPS) is 10.4. The minimum absolute atomic E-state index is 0.288. The van der Waals surface area contributed by atoms with Gasteiger partial charge in [-0.3, -0.25) is 9.59 Å². The monoisotopic (exact) mass is 364 g/mol. The van der Waals surface area contributed by atoms with Crippen LogP contribution in [0, 0.1) is 6.92 Å². The van der Waals surface area contributed by atoms with Crippen molar-refractivity contribution >= 4 is 34.2 Å². The van der Waals surface area contributed by atoms with Crippen LogP contribution in [0.3, 0.4) is 0 Å². The van der Waals surface area contributed by atoms with Crippen LogP contribution in [0.15, 0.2) is 53.3 Å². The summed E-state index contributed by atoms with van der Waals surface area (Å²) < 4.78 is 0. The predicted molar refractivity (Wildman–Crippen MR) is 106 cm³/mol. The summed E-state index contributed by atoms with van der Waals surface area (Å²) >= 11 is 0. The number of benzene rings is 2. The molecule has 0 aliphatic heterocycles. The Morgan fingerprint density at radius 1 is 1.00 bits per heavy atom. The van der Waals surface area contributed by atoms with Gasteiger partial charge in [-0.05, 0) is 37.6 Å². The van der Waals surface area contributed by atoms with Crippen molar-refractivity contribution in [2.45, 2.75) is 13.8 Å². The van der Waals surface area contributed by atoms with Crippen LogP contribution in [0.1, 0.15) is 22.8 Å². The molecule has 0 bridgehead atoms. The van der Waals surface area contributed by atoms with E-state index in [1.165, 1.54) is 6.07 Å². The number of hydrogen-bond acceptors (Lipinski definition) is 3. The van der Waals surface area contributed by atoms with Crippen molar-refractivity contribution in [3.63, 3.8) is 0 Å². The lowest BCUT2D eigenvalue weighted by Crippen LogP contribution is -2.28. The average molecular weight is 364 g/mol. The summed E-state index contributed by atoms with van der Waals surface area (Å²) in [5, 5.41) is 8.89. The summed E-state index contributed by atoms with van der Waals surface area (Å²) in [6, 6.07) is 13.3. The lowest BCUT2D eigenvalue weighted by molar-refractivity contribution is 0.102. The molecule has 4 N–H and O–H groups in total. The maximum atomic E-state index is 12.8. The summed E-state index contributed by atoms with van der Waals surface area (Å²) in [5.41, 5.74) is 2.40. The number of carbonyl (C=O) groups is 2. The second-order valence-corrected chi connectivity index (χ2v) is 6.01. The topological polar surface area (TPSA) is 103 Å². The number of anilines is 2. The first kappa shape index (κ1) is 18.2. The molecule has 3 amide bonds. The van der Waals surface area contributed by atoms with Gasteiger partial charge in [0, 0.05) is 34.9 Å². The molecule has 2 aromatic carbocycles. The molecular formula is C20H20N4O3.